The molecule has 0 heterocycles. The Labute approximate surface area is 110 Å². The molecule has 0 bridgehead atoms. The van der Waals surface area contributed by atoms with Crippen LogP contribution in [0.2, 0.25) is 0 Å². The molecule has 0 saturated heterocycles. The fraction of sp³-hybridized carbons (Fsp3) is 1.00. The number of alkyl halides is 4. The van der Waals surface area contributed by atoms with E-state index >= 15 is 0 Å². The van der Waals surface area contributed by atoms with Crippen LogP contribution in [0.1, 0.15) is 32.6 Å². The molecule has 0 radical (unpaired) electrons. The standard InChI is InChI=1S/C12H22F4N2O/c1-8-2-4-9(5-3-8)10(18-17)6-19-7-12(15,16)11(13)14/h8-11,18H,2-7,17H2,1H3. The van der Waals surface area contributed by atoms with Gasteiger partial charge in [-0.15, -0.1) is 0 Å². The van der Waals surface area contributed by atoms with Gasteiger partial charge in [-0.25, -0.2) is 8.78 Å². The predicted molar refractivity (Wildman–Crippen MR) is 64.0 cm³/mol. The molecule has 1 atom stereocenters. The Kier molecular flexibility index (Phi) is 6.49. The summed E-state index contributed by atoms with van der Waals surface area (Å²) in [6.07, 6.45) is 0.328. The molecule has 3 nitrogen and oxygen atoms in total. The van der Waals surface area contributed by atoms with E-state index in [-0.39, 0.29) is 18.6 Å². The van der Waals surface area contributed by atoms with E-state index in [1.807, 2.05) is 0 Å². The van der Waals surface area contributed by atoms with Gasteiger partial charge in [-0.3, -0.25) is 11.3 Å². The monoisotopic (exact) mass is 286 g/mol. The number of hydrazine groups is 1. The van der Waals surface area contributed by atoms with Gasteiger partial charge in [0.25, 0.3) is 0 Å². The SMILES string of the molecule is CC1CCC(C(COCC(F)(F)C(F)F)NN)CC1. The lowest BCUT2D eigenvalue weighted by atomic mass is 9.79. The Bertz CT molecular complexity index is 258. The van der Waals surface area contributed by atoms with Crippen molar-refractivity contribution in [3.63, 3.8) is 0 Å². The predicted octanol–water partition coefficient (Wildman–Crippen LogP) is 2.56. The van der Waals surface area contributed by atoms with Crippen LogP contribution >= 0.6 is 0 Å². The number of hydrogen-bond donors (Lipinski definition) is 2. The van der Waals surface area contributed by atoms with Crippen molar-refractivity contribution in [2.24, 2.45) is 17.7 Å². The van der Waals surface area contributed by atoms with Gasteiger partial charge in [0.15, 0.2) is 0 Å². The maximum absolute atomic E-state index is 12.7. The minimum absolute atomic E-state index is 0.0716. The molecule has 1 rings (SSSR count). The molecule has 0 aliphatic heterocycles. The summed E-state index contributed by atoms with van der Waals surface area (Å²) in [6, 6.07) is -0.263. The minimum atomic E-state index is -4.10. The molecule has 0 aromatic carbocycles. The zero-order chi connectivity index (χ0) is 14.5. The van der Waals surface area contributed by atoms with Gasteiger partial charge >= 0.3 is 12.3 Å². The Morgan fingerprint density at radius 3 is 2.32 bits per heavy atom. The quantitative estimate of drug-likeness (QED) is 0.429. The van der Waals surface area contributed by atoms with Crippen molar-refractivity contribution in [3.05, 3.63) is 0 Å². The number of hydrogen-bond acceptors (Lipinski definition) is 3. The van der Waals surface area contributed by atoms with E-state index in [1.54, 1.807) is 0 Å². The first-order valence-corrected chi connectivity index (χ1v) is 6.56. The lowest BCUT2D eigenvalue weighted by molar-refractivity contribution is -0.168. The summed E-state index contributed by atoms with van der Waals surface area (Å²) in [4.78, 5) is 0. The van der Waals surface area contributed by atoms with Crippen molar-refractivity contribution >= 4 is 0 Å². The smallest absolute Gasteiger partial charge is 0.330 e. The second-order valence-electron chi connectivity index (χ2n) is 5.37. The molecule has 0 aromatic rings. The summed E-state index contributed by atoms with van der Waals surface area (Å²) >= 11 is 0. The van der Waals surface area contributed by atoms with Crippen LogP contribution < -0.4 is 11.3 Å². The van der Waals surface area contributed by atoms with E-state index < -0.39 is 19.0 Å². The first kappa shape index (κ1) is 16.7. The van der Waals surface area contributed by atoms with Crippen LogP contribution in [0.4, 0.5) is 17.6 Å². The minimum Gasteiger partial charge on any atom is -0.373 e. The van der Waals surface area contributed by atoms with Gasteiger partial charge in [-0.2, -0.15) is 8.78 Å². The molecule has 0 amide bonds. The summed E-state index contributed by atoms with van der Waals surface area (Å²) in [6.45, 7) is 0.824. The van der Waals surface area contributed by atoms with Crippen molar-refractivity contribution in [2.45, 2.75) is 51.0 Å². The molecule has 1 aliphatic rings. The molecular formula is C12H22F4N2O. The Hall–Kier alpha value is -0.400. The molecule has 7 heteroatoms. The number of nitrogens with two attached hydrogens (primary N) is 1. The molecule has 19 heavy (non-hydrogen) atoms. The molecule has 0 spiro atoms. The summed E-state index contributed by atoms with van der Waals surface area (Å²) < 4.78 is 53.9. The fourth-order valence-electron chi connectivity index (χ4n) is 2.39. The number of nitrogens with one attached hydrogen (secondary N) is 1. The number of ether oxygens (including phenoxy) is 1. The zero-order valence-corrected chi connectivity index (χ0v) is 11.0. The summed E-state index contributed by atoms with van der Waals surface area (Å²) in [5.41, 5.74) is 2.54. The van der Waals surface area contributed by atoms with E-state index in [0.717, 1.165) is 25.7 Å². The van der Waals surface area contributed by atoms with Gasteiger partial charge in [-0.05, 0) is 24.7 Å². The van der Waals surface area contributed by atoms with Gasteiger partial charge in [0, 0.05) is 6.04 Å². The van der Waals surface area contributed by atoms with Crippen molar-refractivity contribution < 1.29 is 22.3 Å². The van der Waals surface area contributed by atoms with E-state index in [1.165, 1.54) is 0 Å². The zero-order valence-electron chi connectivity index (χ0n) is 11.0. The maximum atomic E-state index is 12.7. The van der Waals surface area contributed by atoms with Crippen LogP contribution in [-0.2, 0) is 4.74 Å². The van der Waals surface area contributed by atoms with Gasteiger partial charge in [0.2, 0.25) is 0 Å². The third-order valence-electron chi connectivity index (χ3n) is 3.75. The highest BCUT2D eigenvalue weighted by atomic mass is 19.3. The van der Waals surface area contributed by atoms with Crippen LogP contribution in [0.25, 0.3) is 0 Å². The molecule has 1 aliphatic carbocycles. The molecule has 1 unspecified atom stereocenters. The summed E-state index contributed by atoms with van der Waals surface area (Å²) in [5.74, 6) is 2.20. The van der Waals surface area contributed by atoms with Gasteiger partial charge in [0.1, 0.15) is 6.61 Å². The average molecular weight is 286 g/mol. The first-order chi connectivity index (χ1) is 8.86. The molecular weight excluding hydrogens is 264 g/mol. The van der Waals surface area contributed by atoms with Gasteiger partial charge in [0.05, 0.1) is 6.61 Å². The van der Waals surface area contributed by atoms with E-state index in [2.05, 4.69) is 12.3 Å². The van der Waals surface area contributed by atoms with E-state index in [9.17, 15) is 17.6 Å². The molecule has 3 N–H and O–H groups in total. The first-order valence-electron chi connectivity index (χ1n) is 6.56. The second-order valence-corrected chi connectivity index (χ2v) is 5.37. The van der Waals surface area contributed by atoms with Crippen LogP contribution in [0.3, 0.4) is 0 Å². The van der Waals surface area contributed by atoms with E-state index in [4.69, 9.17) is 10.6 Å². The lowest BCUT2D eigenvalue weighted by Gasteiger charge is -2.32. The highest BCUT2D eigenvalue weighted by Crippen LogP contribution is 2.30. The second kappa shape index (κ2) is 7.40. The topological polar surface area (TPSA) is 47.3 Å². The molecule has 0 aromatic heterocycles. The summed E-state index contributed by atoms with van der Waals surface area (Å²) in [5, 5.41) is 0. The van der Waals surface area contributed by atoms with Crippen LogP contribution in [-0.4, -0.2) is 31.6 Å². The highest BCUT2D eigenvalue weighted by molar-refractivity contribution is 4.80. The van der Waals surface area contributed by atoms with Crippen LogP contribution in [0.15, 0.2) is 0 Å². The normalized spacial score (nSPS) is 26.7. The highest BCUT2D eigenvalue weighted by Gasteiger charge is 2.41. The summed E-state index contributed by atoms with van der Waals surface area (Å²) in [7, 11) is 0. The maximum Gasteiger partial charge on any atom is 0.330 e. The lowest BCUT2D eigenvalue weighted by Crippen LogP contribution is -2.46. The Morgan fingerprint density at radius 1 is 1.26 bits per heavy atom. The van der Waals surface area contributed by atoms with Gasteiger partial charge < -0.3 is 4.74 Å². The van der Waals surface area contributed by atoms with Crippen LogP contribution in [0, 0.1) is 11.8 Å². The molecule has 1 saturated carbocycles. The van der Waals surface area contributed by atoms with Crippen LogP contribution in [0.5, 0.6) is 0 Å². The Morgan fingerprint density at radius 2 is 1.84 bits per heavy atom. The fourth-order valence-corrected chi connectivity index (χ4v) is 2.39. The largest absolute Gasteiger partial charge is 0.373 e. The Balaban J connectivity index is 2.33. The van der Waals surface area contributed by atoms with Crippen molar-refractivity contribution in [1.29, 1.82) is 0 Å². The van der Waals surface area contributed by atoms with E-state index in [0.29, 0.717) is 5.92 Å². The third kappa shape index (κ3) is 5.24. The van der Waals surface area contributed by atoms with Crippen molar-refractivity contribution in [2.75, 3.05) is 13.2 Å². The third-order valence-corrected chi connectivity index (χ3v) is 3.75. The van der Waals surface area contributed by atoms with Gasteiger partial charge in [-0.1, -0.05) is 19.8 Å². The van der Waals surface area contributed by atoms with Crippen molar-refractivity contribution in [3.8, 4) is 0 Å². The van der Waals surface area contributed by atoms with Crippen molar-refractivity contribution in [1.82, 2.24) is 5.43 Å². The number of halogens is 4. The molecule has 1 fully saturated rings. The average Bonchev–Trinajstić information content (AvgIpc) is 2.36. The molecule has 114 valence electrons. The number of rotatable bonds is 7.